The number of halogens is 3. The van der Waals surface area contributed by atoms with Crippen LogP contribution in [-0.2, 0) is 2.81 Å². The SMILES string of the molecule is [F][Al]([F])[F].[O]=[BiH]. The summed E-state index contributed by atoms with van der Waals surface area (Å²) in [6, 6.07) is 0. The Hall–Kier alpha value is 1.01. The Labute approximate surface area is 53.6 Å². The Morgan fingerprint density at radius 2 is 1.17 bits per heavy atom. The van der Waals surface area contributed by atoms with E-state index < -0.39 is 15.5 Å². The molecule has 6 heteroatoms. The molecule has 0 spiro atoms. The van der Waals surface area contributed by atoms with E-state index in [1.54, 1.807) is 0 Å². The van der Waals surface area contributed by atoms with Gasteiger partial charge in [-0.3, -0.25) is 0 Å². The summed E-state index contributed by atoms with van der Waals surface area (Å²) in [5, 5.41) is 0. The van der Waals surface area contributed by atoms with Gasteiger partial charge in [-0.15, -0.1) is 0 Å². The van der Waals surface area contributed by atoms with Gasteiger partial charge in [0.2, 0.25) is 0 Å². The minimum absolute atomic E-state index is 0.0556. The fourth-order valence-electron chi connectivity index (χ4n) is 0. The van der Waals surface area contributed by atoms with Crippen LogP contribution in [0.3, 0.4) is 0 Å². The zero-order valence-corrected chi connectivity index (χ0v) is 7.66. The molecule has 0 aliphatic rings. The molecule has 0 radical (unpaired) electrons. The number of hydrogen-bond donors (Lipinski definition) is 0. The van der Waals surface area contributed by atoms with Gasteiger partial charge >= 0.3 is 43.1 Å². The van der Waals surface area contributed by atoms with Gasteiger partial charge in [-0.05, 0) is 0 Å². The molecule has 0 unspecified atom stereocenters. The van der Waals surface area contributed by atoms with Crippen LogP contribution < -0.4 is 0 Å². The predicted molar refractivity (Wildman–Crippen MR) is 16.9 cm³/mol. The van der Waals surface area contributed by atoms with E-state index in [9.17, 15) is 10.6 Å². The second-order valence-corrected chi connectivity index (χ2v) is 0.742. The van der Waals surface area contributed by atoms with Crippen molar-refractivity contribution in [2.24, 2.45) is 0 Å². The van der Waals surface area contributed by atoms with Crippen LogP contribution in [0.15, 0.2) is 0 Å². The van der Waals surface area contributed by atoms with Crippen molar-refractivity contribution >= 4 is 40.3 Å². The molecule has 0 aromatic rings. The second kappa shape index (κ2) is 9.38. The van der Waals surface area contributed by atoms with E-state index in [2.05, 4.69) is 0 Å². The van der Waals surface area contributed by atoms with Crippen LogP contribution in [-0.4, -0.2) is 40.3 Å². The molecule has 0 saturated heterocycles. The fourth-order valence-corrected chi connectivity index (χ4v) is 0. The first-order valence-corrected chi connectivity index (χ1v) is 3.76. The van der Waals surface area contributed by atoms with E-state index in [0.29, 0.717) is 0 Å². The van der Waals surface area contributed by atoms with Crippen LogP contribution in [0.25, 0.3) is 0 Å². The van der Waals surface area contributed by atoms with Crippen molar-refractivity contribution in [2.45, 2.75) is 0 Å². The molecule has 0 aliphatic heterocycles. The monoisotopic (exact) mass is 310 g/mol. The van der Waals surface area contributed by atoms with Gasteiger partial charge < -0.3 is 10.6 Å². The van der Waals surface area contributed by atoms with Crippen LogP contribution in [0.5, 0.6) is 0 Å². The van der Waals surface area contributed by atoms with Crippen molar-refractivity contribution in [3.8, 4) is 0 Å². The molecular weight excluding hydrogens is 309 g/mol. The molecule has 0 bridgehead atoms. The summed E-state index contributed by atoms with van der Waals surface area (Å²) in [6.07, 6.45) is 0. The third kappa shape index (κ3) is 79.4. The Morgan fingerprint density at radius 3 is 1.17 bits per heavy atom. The van der Waals surface area contributed by atoms with Crippen LogP contribution in [0.2, 0.25) is 0 Å². The van der Waals surface area contributed by atoms with Gasteiger partial charge in [0, 0.05) is 0 Å². The molecule has 0 rings (SSSR count). The normalized spacial score (nSPS) is 5.17. The molecule has 36 valence electrons. The Morgan fingerprint density at radius 1 is 1.17 bits per heavy atom. The van der Waals surface area contributed by atoms with Gasteiger partial charge in [0.1, 0.15) is 0 Å². The van der Waals surface area contributed by atoms with Gasteiger partial charge in [-0.25, -0.2) is 0 Å². The third-order valence-electron chi connectivity index (χ3n) is 0. The summed E-state index contributed by atoms with van der Waals surface area (Å²) in [5.41, 5.74) is 0. The maximum atomic E-state index is 9.81. The van der Waals surface area contributed by atoms with Gasteiger partial charge in [0.15, 0.2) is 0 Å². The first-order chi connectivity index (χ1) is 2.73. The number of hydrogen-bond acceptors (Lipinski definition) is 1. The molecule has 1 nitrogen and oxygen atoms in total. The Balaban J connectivity index is 0. The van der Waals surface area contributed by atoms with E-state index in [-0.39, 0.29) is 24.7 Å². The zero-order chi connectivity index (χ0) is 5.58. The van der Waals surface area contributed by atoms with Crippen molar-refractivity contribution in [1.82, 2.24) is 0 Å². The minimum atomic E-state index is -4.64. The quantitative estimate of drug-likeness (QED) is 0.581. The van der Waals surface area contributed by atoms with E-state index >= 15 is 0 Å². The number of rotatable bonds is 0. The first kappa shape index (κ1) is 10.1. The molecule has 0 fully saturated rings. The van der Waals surface area contributed by atoms with Crippen LogP contribution in [0.4, 0.5) is 10.6 Å². The Kier molecular flexibility index (Phi) is 15.8. The maximum absolute atomic E-state index is 9.81. The summed E-state index contributed by atoms with van der Waals surface area (Å²) in [4.78, 5) is 0. The summed E-state index contributed by atoms with van der Waals surface area (Å²) in [7, 11) is 0. The van der Waals surface area contributed by atoms with E-state index in [0.717, 1.165) is 0 Å². The molecule has 0 aromatic heterocycles. The van der Waals surface area contributed by atoms with E-state index in [1.807, 2.05) is 0 Å². The summed E-state index contributed by atoms with van der Waals surface area (Å²) < 4.78 is 37.8. The third-order valence-corrected chi connectivity index (χ3v) is 0. The van der Waals surface area contributed by atoms with Gasteiger partial charge in [0.05, 0.1) is 0 Å². The molecule has 0 aliphatic carbocycles. The predicted octanol–water partition coefficient (Wildman–Crippen LogP) is 0.112. The van der Waals surface area contributed by atoms with E-state index in [1.165, 1.54) is 0 Å². The van der Waals surface area contributed by atoms with Gasteiger partial charge in [0.25, 0.3) is 0 Å². The van der Waals surface area contributed by atoms with Crippen molar-refractivity contribution < 1.29 is 13.4 Å². The molecule has 6 heavy (non-hydrogen) atoms. The molecule has 0 saturated carbocycles. The summed E-state index contributed by atoms with van der Waals surface area (Å²) in [5.74, 6) is 0. The average Bonchev–Trinajstić information content (AvgIpc) is 1.41. The van der Waals surface area contributed by atoms with Gasteiger partial charge in [-0.1, -0.05) is 0 Å². The van der Waals surface area contributed by atoms with Crippen LogP contribution >= 0.6 is 0 Å². The topological polar surface area (TPSA) is 17.1 Å². The Bertz CT molecular complexity index is 22.0. The molecular formula is HAlBiF3O. The van der Waals surface area contributed by atoms with Crippen molar-refractivity contribution in [3.05, 3.63) is 0 Å². The average molecular weight is 310 g/mol. The van der Waals surface area contributed by atoms with Crippen molar-refractivity contribution in [3.63, 3.8) is 0 Å². The first-order valence-electron chi connectivity index (χ1n) is 0.859. The van der Waals surface area contributed by atoms with Gasteiger partial charge in [-0.2, -0.15) is 0 Å². The molecule has 0 atom stereocenters. The zero-order valence-electron chi connectivity index (χ0n) is 2.62. The van der Waals surface area contributed by atoms with E-state index in [4.69, 9.17) is 2.81 Å². The fraction of sp³-hybridized carbons (Fsp3) is 0. The summed E-state index contributed by atoms with van der Waals surface area (Å²) in [6.45, 7) is 0. The molecule has 0 amide bonds. The van der Waals surface area contributed by atoms with Crippen molar-refractivity contribution in [2.75, 3.05) is 0 Å². The molecule has 0 aromatic carbocycles. The molecule has 0 N–H and O–H groups in total. The second-order valence-electron chi connectivity index (χ2n) is 0.247. The summed E-state index contributed by atoms with van der Waals surface area (Å²) >= 11 is -4.58. The van der Waals surface area contributed by atoms with Crippen LogP contribution in [0.1, 0.15) is 0 Å². The molecule has 0 heterocycles. The van der Waals surface area contributed by atoms with Crippen molar-refractivity contribution in [1.29, 1.82) is 0 Å². The standard InChI is InChI=1S/Al.Bi.3FH.O.H/h;;3*1H;;/q+3;;;;;;/p-3. The van der Waals surface area contributed by atoms with Crippen LogP contribution in [0, 0.1) is 0 Å².